The molecule has 2 aromatic rings. The number of rotatable bonds is 4. The minimum absolute atomic E-state index is 0.137. The molecule has 0 atom stereocenters. The van der Waals surface area contributed by atoms with Crippen LogP contribution in [0.2, 0.25) is 0 Å². The zero-order valence-electron chi connectivity index (χ0n) is 10.2. The van der Waals surface area contributed by atoms with Crippen molar-refractivity contribution in [3.63, 3.8) is 0 Å². The Labute approximate surface area is 114 Å². The fourth-order valence-corrected chi connectivity index (χ4v) is 1.90. The van der Waals surface area contributed by atoms with Crippen molar-refractivity contribution in [3.05, 3.63) is 30.2 Å². The Morgan fingerprint density at radius 3 is 2.95 bits per heavy atom. The van der Waals surface area contributed by atoms with E-state index in [0.717, 1.165) is 5.69 Å². The Kier molecular flexibility index (Phi) is 4.24. The lowest BCUT2D eigenvalue weighted by atomic mass is 10.4. The van der Waals surface area contributed by atoms with Gasteiger partial charge in [-0.25, -0.2) is 15.0 Å². The quantitative estimate of drug-likeness (QED) is 0.798. The molecule has 0 aromatic carbocycles. The highest BCUT2D eigenvalue weighted by atomic mass is 32.2. The van der Waals surface area contributed by atoms with Gasteiger partial charge in [0.05, 0.1) is 5.75 Å². The van der Waals surface area contributed by atoms with E-state index in [2.05, 4.69) is 25.3 Å². The molecule has 8 heteroatoms. The molecular weight excluding hydrogens is 264 g/mol. The number of aryl methyl sites for hydroxylation is 1. The lowest BCUT2D eigenvalue weighted by molar-refractivity contribution is -0.113. The summed E-state index contributed by atoms with van der Waals surface area (Å²) < 4.78 is 0. The molecule has 2 aromatic heterocycles. The van der Waals surface area contributed by atoms with E-state index in [-0.39, 0.29) is 17.6 Å². The zero-order chi connectivity index (χ0) is 13.7. The molecule has 2 heterocycles. The van der Waals surface area contributed by atoms with Crippen LogP contribution < -0.4 is 11.1 Å². The van der Waals surface area contributed by atoms with Crippen LogP contribution in [0, 0.1) is 6.92 Å². The third kappa shape index (κ3) is 4.18. The van der Waals surface area contributed by atoms with Gasteiger partial charge in [-0.15, -0.1) is 0 Å². The van der Waals surface area contributed by atoms with Gasteiger partial charge in [0.25, 0.3) is 0 Å². The second-order valence-corrected chi connectivity index (χ2v) is 4.57. The number of hydrogen-bond acceptors (Lipinski definition) is 7. The number of carbonyl (C=O) groups excluding carboxylic acids is 1. The fraction of sp³-hybridized carbons (Fsp3) is 0.182. The Morgan fingerprint density at radius 1 is 1.37 bits per heavy atom. The van der Waals surface area contributed by atoms with Crippen molar-refractivity contribution < 1.29 is 4.79 Å². The first-order valence-corrected chi connectivity index (χ1v) is 6.43. The van der Waals surface area contributed by atoms with Gasteiger partial charge in [0.1, 0.15) is 12.1 Å². The Morgan fingerprint density at radius 2 is 2.21 bits per heavy atom. The number of nitrogens with zero attached hydrogens (tertiary/aromatic N) is 4. The molecule has 3 N–H and O–H groups in total. The lowest BCUT2D eigenvalue weighted by Crippen LogP contribution is -2.15. The summed E-state index contributed by atoms with van der Waals surface area (Å²) in [5.74, 6) is 0.667. The number of pyridine rings is 1. The molecule has 0 radical (unpaired) electrons. The van der Waals surface area contributed by atoms with Crippen molar-refractivity contribution in [1.82, 2.24) is 19.9 Å². The van der Waals surface area contributed by atoms with Crippen molar-refractivity contribution in [2.24, 2.45) is 0 Å². The summed E-state index contributed by atoms with van der Waals surface area (Å²) >= 11 is 1.18. The van der Waals surface area contributed by atoms with Gasteiger partial charge in [0.2, 0.25) is 11.9 Å². The molecule has 2 rings (SSSR count). The van der Waals surface area contributed by atoms with E-state index in [4.69, 9.17) is 5.73 Å². The van der Waals surface area contributed by atoms with E-state index < -0.39 is 0 Å². The van der Waals surface area contributed by atoms with Crippen LogP contribution in [-0.4, -0.2) is 31.6 Å². The zero-order valence-corrected chi connectivity index (χ0v) is 11.0. The maximum Gasteiger partial charge on any atom is 0.236 e. The van der Waals surface area contributed by atoms with Crippen molar-refractivity contribution >= 4 is 29.4 Å². The number of thioether (sulfide) groups is 1. The summed E-state index contributed by atoms with van der Waals surface area (Å²) in [4.78, 5) is 27.4. The number of anilines is 2. The summed E-state index contributed by atoms with van der Waals surface area (Å²) in [6.07, 6.45) is 1.31. The van der Waals surface area contributed by atoms with E-state index in [1.54, 1.807) is 6.07 Å². The standard InChI is InChI=1S/C11H12N6OS/c1-7-3-2-4-8(15-7)16-9(18)5-19-11-14-6-13-10(12)17-11/h2-4,6H,5H2,1H3,(H,15,16,18)(H2,12,13,14,17). The monoisotopic (exact) mass is 276 g/mol. The van der Waals surface area contributed by atoms with Crippen molar-refractivity contribution in [1.29, 1.82) is 0 Å². The maximum absolute atomic E-state index is 11.7. The van der Waals surface area contributed by atoms with Crippen LogP contribution in [0.3, 0.4) is 0 Å². The van der Waals surface area contributed by atoms with Gasteiger partial charge >= 0.3 is 0 Å². The molecule has 19 heavy (non-hydrogen) atoms. The first-order valence-electron chi connectivity index (χ1n) is 5.44. The maximum atomic E-state index is 11.7. The number of nitrogens with two attached hydrogens (primary N) is 1. The number of carbonyl (C=O) groups is 1. The van der Waals surface area contributed by atoms with Crippen molar-refractivity contribution in [3.8, 4) is 0 Å². The average Bonchev–Trinajstić information content (AvgIpc) is 2.36. The lowest BCUT2D eigenvalue weighted by Gasteiger charge is -2.04. The van der Waals surface area contributed by atoms with Gasteiger partial charge in [-0.3, -0.25) is 4.79 Å². The number of nitrogen functional groups attached to an aromatic ring is 1. The number of aromatic nitrogens is 4. The minimum Gasteiger partial charge on any atom is -0.368 e. The summed E-state index contributed by atoms with van der Waals surface area (Å²) in [6, 6.07) is 5.42. The van der Waals surface area contributed by atoms with Gasteiger partial charge in [-0.2, -0.15) is 4.98 Å². The summed E-state index contributed by atoms with van der Waals surface area (Å²) in [7, 11) is 0. The van der Waals surface area contributed by atoms with Gasteiger partial charge in [-0.05, 0) is 19.1 Å². The van der Waals surface area contributed by atoms with Crippen LogP contribution in [0.4, 0.5) is 11.8 Å². The Balaban J connectivity index is 1.88. The van der Waals surface area contributed by atoms with Crippen molar-refractivity contribution in [2.75, 3.05) is 16.8 Å². The first-order chi connectivity index (χ1) is 9.13. The summed E-state index contributed by atoms with van der Waals surface area (Å²) in [6.45, 7) is 1.86. The highest BCUT2D eigenvalue weighted by Gasteiger charge is 2.06. The van der Waals surface area contributed by atoms with Crippen LogP contribution in [0.1, 0.15) is 5.69 Å². The van der Waals surface area contributed by atoms with Crippen LogP contribution in [-0.2, 0) is 4.79 Å². The molecule has 0 aliphatic rings. The molecule has 7 nitrogen and oxygen atoms in total. The van der Waals surface area contributed by atoms with E-state index in [9.17, 15) is 4.79 Å². The molecule has 0 spiro atoms. The smallest absolute Gasteiger partial charge is 0.236 e. The summed E-state index contributed by atoms with van der Waals surface area (Å²) in [5, 5.41) is 3.11. The molecule has 0 fully saturated rings. The molecule has 0 unspecified atom stereocenters. The third-order valence-electron chi connectivity index (χ3n) is 2.06. The number of hydrogen-bond donors (Lipinski definition) is 2. The SMILES string of the molecule is Cc1cccc(NC(=O)CSc2ncnc(N)n2)n1. The minimum atomic E-state index is -0.179. The van der Waals surface area contributed by atoms with Crippen molar-refractivity contribution in [2.45, 2.75) is 12.1 Å². The highest BCUT2D eigenvalue weighted by Crippen LogP contribution is 2.12. The van der Waals surface area contributed by atoms with E-state index in [1.807, 2.05) is 19.1 Å². The molecule has 0 saturated carbocycles. The van der Waals surface area contributed by atoms with E-state index in [1.165, 1.54) is 18.1 Å². The first kappa shape index (κ1) is 13.2. The van der Waals surface area contributed by atoms with Gasteiger partial charge in [0, 0.05) is 5.69 Å². The van der Waals surface area contributed by atoms with Crippen LogP contribution >= 0.6 is 11.8 Å². The molecule has 0 aliphatic heterocycles. The van der Waals surface area contributed by atoms with Gasteiger partial charge in [0.15, 0.2) is 5.16 Å². The second-order valence-electron chi connectivity index (χ2n) is 3.63. The molecule has 0 saturated heterocycles. The normalized spacial score (nSPS) is 10.2. The molecule has 1 amide bonds. The molecule has 0 bridgehead atoms. The van der Waals surface area contributed by atoms with Crippen LogP contribution in [0.15, 0.2) is 29.7 Å². The average molecular weight is 276 g/mol. The van der Waals surface area contributed by atoms with Gasteiger partial charge in [-0.1, -0.05) is 17.8 Å². The molecule has 98 valence electrons. The van der Waals surface area contributed by atoms with E-state index >= 15 is 0 Å². The van der Waals surface area contributed by atoms with Gasteiger partial charge < -0.3 is 11.1 Å². The topological polar surface area (TPSA) is 107 Å². The van der Waals surface area contributed by atoms with Crippen LogP contribution in [0.5, 0.6) is 0 Å². The third-order valence-corrected chi connectivity index (χ3v) is 2.92. The fourth-order valence-electron chi connectivity index (χ4n) is 1.28. The molecular formula is C11H12N6OS. The number of amides is 1. The predicted molar refractivity (Wildman–Crippen MR) is 72.6 cm³/mol. The predicted octanol–water partition coefficient (Wildman–Crippen LogP) is 0.888. The second kappa shape index (κ2) is 6.10. The Bertz CT molecular complexity index is 591. The highest BCUT2D eigenvalue weighted by molar-refractivity contribution is 7.99. The van der Waals surface area contributed by atoms with Crippen LogP contribution in [0.25, 0.3) is 0 Å². The van der Waals surface area contributed by atoms with E-state index in [0.29, 0.717) is 11.0 Å². The molecule has 0 aliphatic carbocycles. The summed E-state index contributed by atoms with van der Waals surface area (Å²) in [5.41, 5.74) is 6.26. The largest absolute Gasteiger partial charge is 0.368 e. The Hall–Kier alpha value is -2.22. The number of nitrogens with one attached hydrogen (secondary N) is 1.